The Hall–Kier alpha value is 1.22. The Morgan fingerprint density at radius 2 is 0.750 bits per heavy atom. The minimum absolute atomic E-state index is 0. The second-order valence-corrected chi connectivity index (χ2v) is 0. The van der Waals surface area contributed by atoms with Crippen molar-refractivity contribution in [1.82, 2.24) is 0 Å². The van der Waals surface area contributed by atoms with Gasteiger partial charge in [-0.3, -0.25) is 0 Å². The highest BCUT2D eigenvalue weighted by Crippen LogP contribution is -0.288. The lowest BCUT2D eigenvalue weighted by Gasteiger charge is -0.413. The molecule has 0 amide bonds. The molecule has 0 aromatic rings. The Morgan fingerprint density at radius 1 is 0.750 bits per heavy atom. The van der Waals surface area contributed by atoms with Gasteiger partial charge in [0.25, 0.3) is 0 Å². The Kier molecular flexibility index (Phi) is 460. The zero-order valence-electron chi connectivity index (χ0n) is 1.00. The molecule has 0 aromatic heterocycles. The van der Waals surface area contributed by atoms with E-state index in [1.54, 1.807) is 0 Å². The zero-order chi connectivity index (χ0) is 0. The number of hydrogen-bond donors (Lipinski definition) is 0. The first kappa shape index (κ1) is 62.5. The normalized spacial score (nSPS) is 0. The van der Waals surface area contributed by atoms with Crippen LogP contribution in [0.2, 0.25) is 0 Å². The van der Waals surface area contributed by atoms with E-state index in [1.807, 2.05) is 0 Å². The molecule has 0 aliphatic carbocycles. The van der Waals surface area contributed by atoms with E-state index in [-0.39, 0.29) is 51.4 Å². The molecular formula is H9AlMgO2. The van der Waals surface area contributed by atoms with E-state index in [2.05, 4.69) is 0 Å². The summed E-state index contributed by atoms with van der Waals surface area (Å²) in [6, 6.07) is 0. The lowest BCUT2D eigenvalue weighted by Crippen LogP contribution is -0.382. The summed E-state index contributed by atoms with van der Waals surface area (Å²) in [5.41, 5.74) is 0. The van der Waals surface area contributed by atoms with Gasteiger partial charge in [-0.05, 0) is 0 Å². The highest BCUT2D eigenvalue weighted by Gasteiger charge is 0.316. The van der Waals surface area contributed by atoms with Gasteiger partial charge in [0.15, 0.2) is 17.4 Å². The molecule has 0 spiro atoms. The van der Waals surface area contributed by atoms with Crippen LogP contribution in [0, 0.1) is 0 Å². The number of hydrogen-bond acceptors (Lipinski definition) is 0. The summed E-state index contributed by atoms with van der Waals surface area (Å²) in [4.78, 5) is 0. The molecule has 0 aliphatic heterocycles. The van der Waals surface area contributed by atoms with Crippen LogP contribution in [-0.4, -0.2) is 51.4 Å². The molecule has 4 N–H and O–H groups in total. The fourth-order valence-corrected chi connectivity index (χ4v) is 0. The molecule has 0 bridgehead atoms. The standard InChI is InChI=1S/Al.Mg.2H2O.5H/h;;2*1H2;;;;;. The van der Waals surface area contributed by atoms with Gasteiger partial charge in [-0.1, -0.05) is 0 Å². The first-order chi connectivity index (χ1) is 0. The average molecular weight is 92.4 g/mol. The molecule has 2 nitrogen and oxygen atoms in total. The van der Waals surface area contributed by atoms with Crippen LogP contribution in [0.1, 0.15) is 0 Å². The maximum absolute atomic E-state index is 0. The molecule has 0 saturated heterocycles. The first-order valence-corrected chi connectivity index (χ1v) is 0. The quantitative estimate of drug-likeness (QED) is 0.276. The second kappa shape index (κ2) is 29.4. The molecule has 0 fully saturated rings. The van der Waals surface area contributed by atoms with Crippen LogP contribution in [0.4, 0.5) is 0 Å². The van der Waals surface area contributed by atoms with Crippen LogP contribution in [-0.2, 0) is 0 Å². The third-order valence-corrected chi connectivity index (χ3v) is 0. The molecule has 26 valence electrons. The molecule has 0 atom stereocenters. The third-order valence-electron chi connectivity index (χ3n) is 0. The average Bonchev–Trinajstić information content (AvgIpc) is 0. The van der Waals surface area contributed by atoms with Crippen LogP contribution in [0.3, 0.4) is 0 Å². The zero-order valence-corrected chi connectivity index (χ0v) is 1.00. The molecule has 0 radical (unpaired) electrons. The molecule has 0 saturated carbocycles. The van der Waals surface area contributed by atoms with Crippen LogP contribution in [0.25, 0.3) is 0 Å². The minimum atomic E-state index is 0. The van der Waals surface area contributed by atoms with Gasteiger partial charge in [0.1, 0.15) is 0 Å². The smallest absolute Gasteiger partial charge is 0.316 e. The first-order valence-electron chi connectivity index (χ1n) is 0. The summed E-state index contributed by atoms with van der Waals surface area (Å²) in [6.07, 6.45) is 0. The number of rotatable bonds is 0. The Morgan fingerprint density at radius 3 is 0.750 bits per heavy atom. The fourth-order valence-electron chi connectivity index (χ4n) is 0. The lowest BCUT2D eigenvalue weighted by atomic mass is 16.0. The van der Waals surface area contributed by atoms with Crippen molar-refractivity contribution in [2.75, 3.05) is 0 Å². The van der Waals surface area contributed by atoms with Crippen molar-refractivity contribution in [3.8, 4) is 0 Å². The van der Waals surface area contributed by atoms with Gasteiger partial charge in [0.05, 0.1) is 0 Å². The molecule has 0 rings (SSSR count). The van der Waals surface area contributed by atoms with Gasteiger partial charge in [-0.2, -0.15) is 0 Å². The summed E-state index contributed by atoms with van der Waals surface area (Å²) in [7, 11) is 0. The predicted octanol–water partition coefficient (Wildman–Crippen LogP) is -3.75. The SMILES string of the molecule is O.O.[AlH3].[MgH2]. The van der Waals surface area contributed by atoms with Crippen molar-refractivity contribution in [2.24, 2.45) is 0 Å². The molecule has 4 heavy (non-hydrogen) atoms. The lowest BCUT2D eigenvalue weighted by molar-refractivity contribution is 0.823. The van der Waals surface area contributed by atoms with Crippen molar-refractivity contribution in [3.63, 3.8) is 0 Å². The molecule has 0 heterocycles. The van der Waals surface area contributed by atoms with Crippen LogP contribution >= 0.6 is 0 Å². The maximum atomic E-state index is 0. The van der Waals surface area contributed by atoms with Gasteiger partial charge in [-0.25, -0.2) is 0 Å². The molecule has 0 aromatic carbocycles. The van der Waals surface area contributed by atoms with Crippen LogP contribution < -0.4 is 0 Å². The van der Waals surface area contributed by atoms with E-state index in [9.17, 15) is 0 Å². The molecule has 4 heteroatoms. The van der Waals surface area contributed by atoms with Gasteiger partial charge in [0.2, 0.25) is 0 Å². The molecule has 0 unspecified atom stereocenters. The van der Waals surface area contributed by atoms with Crippen LogP contribution in [0.5, 0.6) is 0 Å². The van der Waals surface area contributed by atoms with Crippen molar-refractivity contribution in [1.29, 1.82) is 0 Å². The van der Waals surface area contributed by atoms with E-state index in [1.165, 1.54) is 0 Å². The highest BCUT2D eigenvalue weighted by molar-refractivity contribution is 5.76. The van der Waals surface area contributed by atoms with Crippen molar-refractivity contribution in [2.45, 2.75) is 0 Å². The minimum Gasteiger partial charge on any atom is -0.412 e. The molecular weight excluding hydrogens is 83.3 g/mol. The van der Waals surface area contributed by atoms with Crippen molar-refractivity contribution >= 4 is 40.4 Å². The van der Waals surface area contributed by atoms with E-state index in [4.69, 9.17) is 0 Å². The second-order valence-electron chi connectivity index (χ2n) is 0. The third kappa shape index (κ3) is 10.7. The fraction of sp³-hybridized carbons (Fsp3) is 0. The summed E-state index contributed by atoms with van der Waals surface area (Å²) in [6.45, 7) is 0. The predicted molar refractivity (Wildman–Crippen MR) is 25.7 cm³/mol. The van der Waals surface area contributed by atoms with E-state index < -0.39 is 0 Å². The summed E-state index contributed by atoms with van der Waals surface area (Å²) < 4.78 is 0. The van der Waals surface area contributed by atoms with E-state index in [0.717, 1.165) is 0 Å². The van der Waals surface area contributed by atoms with Gasteiger partial charge in [-0.15, -0.1) is 0 Å². The van der Waals surface area contributed by atoms with Gasteiger partial charge in [0, 0.05) is 0 Å². The Balaban J connectivity index is 0. The highest BCUT2D eigenvalue weighted by atomic mass is 27.0. The van der Waals surface area contributed by atoms with Gasteiger partial charge >= 0.3 is 23.1 Å². The van der Waals surface area contributed by atoms with Gasteiger partial charge < -0.3 is 11.0 Å². The summed E-state index contributed by atoms with van der Waals surface area (Å²) in [5, 5.41) is 0. The molecule has 0 aliphatic rings. The van der Waals surface area contributed by atoms with Crippen molar-refractivity contribution < 1.29 is 11.0 Å². The largest absolute Gasteiger partial charge is 0.412 e. The summed E-state index contributed by atoms with van der Waals surface area (Å²) >= 11 is 0. The monoisotopic (exact) mass is 92.0 g/mol. The van der Waals surface area contributed by atoms with E-state index in [0.29, 0.717) is 0 Å². The van der Waals surface area contributed by atoms with Crippen molar-refractivity contribution in [3.05, 3.63) is 0 Å². The maximum Gasteiger partial charge on any atom is 0.316 e. The van der Waals surface area contributed by atoms with E-state index >= 15 is 0 Å². The Labute approximate surface area is 51.5 Å². The summed E-state index contributed by atoms with van der Waals surface area (Å²) in [5.74, 6) is 0. The Bertz CT molecular complexity index is 6.00. The van der Waals surface area contributed by atoms with Crippen LogP contribution in [0.15, 0.2) is 0 Å². The topological polar surface area (TPSA) is 63.0 Å².